The SMILES string of the molecule is CCN(Cc1ccccc1C)C(=O)c1ccc(C(F)(F)F)nc1. The van der Waals surface area contributed by atoms with Crippen LogP contribution in [0.5, 0.6) is 0 Å². The summed E-state index contributed by atoms with van der Waals surface area (Å²) < 4.78 is 37.6. The number of nitrogens with zero attached hydrogens (tertiary/aromatic N) is 2. The average molecular weight is 322 g/mol. The predicted octanol–water partition coefficient (Wildman–Crippen LogP) is 4.07. The van der Waals surface area contributed by atoms with Crippen LogP contribution in [-0.2, 0) is 12.7 Å². The van der Waals surface area contributed by atoms with Crippen LogP contribution in [-0.4, -0.2) is 22.3 Å². The summed E-state index contributed by atoms with van der Waals surface area (Å²) in [7, 11) is 0. The molecule has 0 aliphatic heterocycles. The van der Waals surface area contributed by atoms with Crippen molar-refractivity contribution in [2.75, 3.05) is 6.54 Å². The first-order valence-corrected chi connectivity index (χ1v) is 7.20. The maximum Gasteiger partial charge on any atom is 0.433 e. The van der Waals surface area contributed by atoms with Crippen molar-refractivity contribution in [2.24, 2.45) is 0 Å². The van der Waals surface area contributed by atoms with Gasteiger partial charge in [-0.05, 0) is 37.1 Å². The molecule has 1 aromatic carbocycles. The van der Waals surface area contributed by atoms with E-state index in [1.807, 2.05) is 38.1 Å². The lowest BCUT2D eigenvalue weighted by Gasteiger charge is -2.22. The van der Waals surface area contributed by atoms with Crippen LogP contribution in [0.2, 0.25) is 0 Å². The van der Waals surface area contributed by atoms with Crippen molar-refractivity contribution >= 4 is 5.91 Å². The van der Waals surface area contributed by atoms with Gasteiger partial charge in [-0.2, -0.15) is 13.2 Å². The van der Waals surface area contributed by atoms with Crippen LogP contribution in [0.3, 0.4) is 0 Å². The van der Waals surface area contributed by atoms with Crippen LogP contribution < -0.4 is 0 Å². The predicted molar refractivity (Wildman–Crippen MR) is 80.8 cm³/mol. The Morgan fingerprint density at radius 2 is 1.87 bits per heavy atom. The van der Waals surface area contributed by atoms with Crippen molar-refractivity contribution in [3.05, 3.63) is 65.0 Å². The first-order chi connectivity index (χ1) is 10.8. The number of amides is 1. The highest BCUT2D eigenvalue weighted by molar-refractivity contribution is 5.93. The minimum atomic E-state index is -4.51. The fraction of sp³-hybridized carbons (Fsp3) is 0.294. The van der Waals surface area contributed by atoms with Crippen LogP contribution in [0.25, 0.3) is 0 Å². The van der Waals surface area contributed by atoms with E-state index in [1.54, 1.807) is 4.90 Å². The van der Waals surface area contributed by atoms with Gasteiger partial charge in [0.05, 0.1) is 5.56 Å². The number of hydrogen-bond acceptors (Lipinski definition) is 2. The Morgan fingerprint density at radius 3 is 2.39 bits per heavy atom. The Morgan fingerprint density at radius 1 is 1.17 bits per heavy atom. The molecule has 23 heavy (non-hydrogen) atoms. The molecule has 3 nitrogen and oxygen atoms in total. The number of aryl methyl sites for hydroxylation is 1. The molecule has 2 aromatic rings. The molecule has 0 aliphatic rings. The smallest absolute Gasteiger partial charge is 0.335 e. The number of alkyl halides is 3. The lowest BCUT2D eigenvalue weighted by molar-refractivity contribution is -0.141. The summed E-state index contributed by atoms with van der Waals surface area (Å²) in [5.41, 5.74) is 1.20. The van der Waals surface area contributed by atoms with Gasteiger partial charge in [-0.15, -0.1) is 0 Å². The van der Waals surface area contributed by atoms with Gasteiger partial charge in [-0.3, -0.25) is 9.78 Å². The molecule has 0 saturated heterocycles. The minimum absolute atomic E-state index is 0.147. The number of aromatic nitrogens is 1. The van der Waals surface area contributed by atoms with Gasteiger partial charge in [0.25, 0.3) is 5.91 Å². The second-order valence-corrected chi connectivity index (χ2v) is 5.18. The van der Waals surface area contributed by atoms with E-state index in [9.17, 15) is 18.0 Å². The summed E-state index contributed by atoms with van der Waals surface area (Å²) in [5.74, 6) is -0.336. The zero-order valence-electron chi connectivity index (χ0n) is 12.9. The van der Waals surface area contributed by atoms with Crippen molar-refractivity contribution in [2.45, 2.75) is 26.6 Å². The van der Waals surface area contributed by atoms with Gasteiger partial charge in [0.15, 0.2) is 0 Å². The molecular formula is C17H17F3N2O. The molecule has 0 bridgehead atoms. The van der Waals surface area contributed by atoms with Crippen LogP contribution in [0.1, 0.15) is 34.1 Å². The number of carbonyl (C=O) groups is 1. The fourth-order valence-corrected chi connectivity index (χ4v) is 2.19. The Balaban J connectivity index is 2.18. The Labute approximate surface area is 132 Å². The Bertz CT molecular complexity index is 681. The van der Waals surface area contributed by atoms with Gasteiger partial charge < -0.3 is 4.90 Å². The maximum atomic E-state index is 12.5. The molecule has 0 radical (unpaired) electrons. The highest BCUT2D eigenvalue weighted by Gasteiger charge is 2.32. The van der Waals surface area contributed by atoms with Crippen molar-refractivity contribution < 1.29 is 18.0 Å². The fourth-order valence-electron chi connectivity index (χ4n) is 2.19. The van der Waals surface area contributed by atoms with Gasteiger partial charge >= 0.3 is 6.18 Å². The minimum Gasteiger partial charge on any atom is -0.335 e. The molecule has 0 fully saturated rings. The van der Waals surface area contributed by atoms with Crippen LogP contribution in [0.4, 0.5) is 13.2 Å². The van der Waals surface area contributed by atoms with Crippen LogP contribution in [0.15, 0.2) is 42.6 Å². The van der Waals surface area contributed by atoms with Crippen LogP contribution in [0, 0.1) is 6.92 Å². The molecule has 2 rings (SSSR count). The molecule has 0 N–H and O–H groups in total. The lowest BCUT2D eigenvalue weighted by Crippen LogP contribution is -2.30. The molecule has 1 aromatic heterocycles. The summed E-state index contributed by atoms with van der Waals surface area (Å²) in [6.45, 7) is 4.64. The highest BCUT2D eigenvalue weighted by Crippen LogP contribution is 2.27. The number of pyridine rings is 1. The molecular weight excluding hydrogens is 305 g/mol. The summed E-state index contributed by atoms with van der Waals surface area (Å²) in [6.07, 6.45) is -3.53. The van der Waals surface area contributed by atoms with E-state index in [0.717, 1.165) is 23.4 Å². The van der Waals surface area contributed by atoms with E-state index in [-0.39, 0.29) is 11.5 Å². The number of hydrogen-bond donors (Lipinski definition) is 0. The topological polar surface area (TPSA) is 33.2 Å². The van der Waals surface area contributed by atoms with Crippen molar-refractivity contribution in [3.63, 3.8) is 0 Å². The van der Waals surface area contributed by atoms with E-state index < -0.39 is 11.9 Å². The van der Waals surface area contributed by atoms with E-state index in [0.29, 0.717) is 13.1 Å². The lowest BCUT2D eigenvalue weighted by atomic mass is 10.1. The third-order valence-electron chi connectivity index (χ3n) is 3.59. The molecule has 0 unspecified atom stereocenters. The van der Waals surface area contributed by atoms with E-state index in [2.05, 4.69) is 4.98 Å². The monoisotopic (exact) mass is 322 g/mol. The maximum absolute atomic E-state index is 12.5. The molecule has 1 heterocycles. The van der Waals surface area contributed by atoms with Crippen molar-refractivity contribution in [3.8, 4) is 0 Å². The highest BCUT2D eigenvalue weighted by atomic mass is 19.4. The molecule has 0 saturated carbocycles. The van der Waals surface area contributed by atoms with Gasteiger partial charge in [0, 0.05) is 19.3 Å². The number of benzene rings is 1. The summed E-state index contributed by atoms with van der Waals surface area (Å²) in [6, 6.07) is 9.67. The zero-order chi connectivity index (χ0) is 17.0. The van der Waals surface area contributed by atoms with E-state index >= 15 is 0 Å². The normalized spacial score (nSPS) is 11.3. The van der Waals surface area contributed by atoms with E-state index in [4.69, 9.17) is 0 Å². The average Bonchev–Trinajstić information content (AvgIpc) is 2.53. The molecule has 122 valence electrons. The Kier molecular flexibility index (Phi) is 5.03. The molecule has 6 heteroatoms. The van der Waals surface area contributed by atoms with Gasteiger partial charge in [-0.1, -0.05) is 24.3 Å². The summed E-state index contributed by atoms with van der Waals surface area (Å²) in [4.78, 5) is 17.4. The number of carbonyl (C=O) groups excluding carboxylic acids is 1. The van der Waals surface area contributed by atoms with Crippen molar-refractivity contribution in [1.29, 1.82) is 0 Å². The number of halogens is 3. The van der Waals surface area contributed by atoms with Crippen molar-refractivity contribution in [1.82, 2.24) is 9.88 Å². The first kappa shape index (κ1) is 17.0. The van der Waals surface area contributed by atoms with Gasteiger partial charge in [0.2, 0.25) is 0 Å². The summed E-state index contributed by atoms with van der Waals surface area (Å²) >= 11 is 0. The third kappa shape index (κ3) is 4.09. The standard InChI is InChI=1S/C17H17F3N2O/c1-3-22(11-14-7-5-4-6-12(14)2)16(23)13-8-9-15(21-10-13)17(18,19)20/h4-10H,3,11H2,1-2H3. The van der Waals surface area contributed by atoms with Crippen LogP contribution >= 0.6 is 0 Å². The summed E-state index contributed by atoms with van der Waals surface area (Å²) in [5, 5.41) is 0. The molecule has 0 atom stereocenters. The zero-order valence-corrected chi connectivity index (χ0v) is 12.9. The number of rotatable bonds is 4. The quantitative estimate of drug-likeness (QED) is 0.850. The second kappa shape index (κ2) is 6.81. The molecule has 0 aliphatic carbocycles. The van der Waals surface area contributed by atoms with Gasteiger partial charge in [0.1, 0.15) is 5.69 Å². The molecule has 1 amide bonds. The first-order valence-electron chi connectivity index (χ1n) is 7.20. The Hall–Kier alpha value is -2.37. The van der Waals surface area contributed by atoms with E-state index in [1.165, 1.54) is 6.07 Å². The van der Waals surface area contributed by atoms with Gasteiger partial charge in [-0.25, -0.2) is 0 Å². The molecule has 0 spiro atoms. The third-order valence-corrected chi connectivity index (χ3v) is 3.59. The largest absolute Gasteiger partial charge is 0.433 e. The second-order valence-electron chi connectivity index (χ2n) is 5.18.